The number of rotatable bonds is 11. The standard InChI is InChI=1S/C14H29N3O3/c1-4-16-11(12(15)19)7-5-6-9-17-13(20)14(2,3)8-10-18/h11,16,18H,4-10H2,1-3H3,(H2,15,19)(H,17,20). The molecule has 2 amide bonds. The van der Waals surface area contributed by atoms with Gasteiger partial charge in [0.25, 0.3) is 0 Å². The number of nitrogens with one attached hydrogen (secondary N) is 2. The number of hydrogen-bond donors (Lipinski definition) is 4. The third-order valence-electron chi connectivity index (χ3n) is 3.35. The molecular formula is C14H29N3O3. The Morgan fingerprint density at radius 1 is 1.30 bits per heavy atom. The van der Waals surface area contributed by atoms with E-state index in [1.54, 1.807) is 0 Å². The predicted octanol–water partition coefficient (Wildman–Crippen LogP) is 0.145. The topological polar surface area (TPSA) is 104 Å². The summed E-state index contributed by atoms with van der Waals surface area (Å²) in [6.45, 7) is 6.84. The molecule has 6 heteroatoms. The molecule has 0 aliphatic carbocycles. The van der Waals surface area contributed by atoms with Gasteiger partial charge in [-0.1, -0.05) is 20.8 Å². The molecule has 0 spiro atoms. The summed E-state index contributed by atoms with van der Waals surface area (Å²) < 4.78 is 0. The molecule has 0 radical (unpaired) electrons. The van der Waals surface area contributed by atoms with Gasteiger partial charge in [-0.25, -0.2) is 0 Å². The number of amides is 2. The maximum Gasteiger partial charge on any atom is 0.234 e. The Labute approximate surface area is 121 Å². The van der Waals surface area contributed by atoms with Crippen LogP contribution in [0.3, 0.4) is 0 Å². The van der Waals surface area contributed by atoms with E-state index in [1.807, 2.05) is 20.8 Å². The van der Waals surface area contributed by atoms with E-state index in [-0.39, 0.29) is 24.5 Å². The number of likely N-dealkylation sites (N-methyl/N-ethyl adjacent to an activating group) is 1. The molecule has 118 valence electrons. The van der Waals surface area contributed by atoms with Crippen molar-refractivity contribution in [1.29, 1.82) is 0 Å². The van der Waals surface area contributed by atoms with Crippen LogP contribution in [-0.2, 0) is 9.59 Å². The second-order valence-electron chi connectivity index (χ2n) is 5.62. The fourth-order valence-electron chi connectivity index (χ4n) is 1.90. The summed E-state index contributed by atoms with van der Waals surface area (Å²) in [6.07, 6.45) is 2.75. The van der Waals surface area contributed by atoms with Crippen molar-refractivity contribution < 1.29 is 14.7 Å². The van der Waals surface area contributed by atoms with Crippen LogP contribution in [-0.4, -0.2) is 42.7 Å². The van der Waals surface area contributed by atoms with Crippen molar-refractivity contribution in [3.8, 4) is 0 Å². The molecule has 0 aromatic rings. The zero-order valence-corrected chi connectivity index (χ0v) is 12.9. The highest BCUT2D eigenvalue weighted by molar-refractivity contribution is 5.81. The van der Waals surface area contributed by atoms with E-state index < -0.39 is 5.41 Å². The number of aliphatic hydroxyl groups is 1. The minimum atomic E-state index is -0.547. The van der Waals surface area contributed by atoms with Crippen LogP contribution in [0.5, 0.6) is 0 Å². The molecule has 0 aromatic heterocycles. The summed E-state index contributed by atoms with van der Waals surface area (Å²) in [6, 6.07) is -0.290. The summed E-state index contributed by atoms with van der Waals surface area (Å²) in [4.78, 5) is 23.0. The molecule has 1 unspecified atom stereocenters. The summed E-state index contributed by atoms with van der Waals surface area (Å²) >= 11 is 0. The Morgan fingerprint density at radius 3 is 2.45 bits per heavy atom. The van der Waals surface area contributed by atoms with Gasteiger partial charge in [-0.05, 0) is 32.2 Å². The molecule has 5 N–H and O–H groups in total. The van der Waals surface area contributed by atoms with Gasteiger partial charge < -0.3 is 21.5 Å². The molecule has 1 atom stereocenters. The van der Waals surface area contributed by atoms with Crippen LogP contribution < -0.4 is 16.4 Å². The van der Waals surface area contributed by atoms with E-state index in [0.29, 0.717) is 25.9 Å². The number of primary amides is 1. The van der Waals surface area contributed by atoms with Gasteiger partial charge in [0.15, 0.2) is 0 Å². The van der Waals surface area contributed by atoms with Crippen LogP contribution in [0, 0.1) is 5.41 Å². The van der Waals surface area contributed by atoms with E-state index in [4.69, 9.17) is 10.8 Å². The predicted molar refractivity (Wildman–Crippen MR) is 79.0 cm³/mol. The molecule has 0 aromatic carbocycles. The molecule has 0 saturated heterocycles. The van der Waals surface area contributed by atoms with Gasteiger partial charge in [-0.2, -0.15) is 0 Å². The number of hydrogen-bond acceptors (Lipinski definition) is 4. The monoisotopic (exact) mass is 287 g/mol. The maximum absolute atomic E-state index is 11.9. The maximum atomic E-state index is 11.9. The minimum Gasteiger partial charge on any atom is -0.396 e. The molecule has 0 fully saturated rings. The van der Waals surface area contributed by atoms with Gasteiger partial charge in [0.2, 0.25) is 11.8 Å². The lowest BCUT2D eigenvalue weighted by Gasteiger charge is -2.22. The second-order valence-corrected chi connectivity index (χ2v) is 5.62. The van der Waals surface area contributed by atoms with E-state index in [0.717, 1.165) is 12.8 Å². The molecular weight excluding hydrogens is 258 g/mol. The van der Waals surface area contributed by atoms with Crippen LogP contribution in [0.1, 0.15) is 46.5 Å². The second kappa shape index (κ2) is 9.72. The van der Waals surface area contributed by atoms with Crippen molar-refractivity contribution in [1.82, 2.24) is 10.6 Å². The average molecular weight is 287 g/mol. The van der Waals surface area contributed by atoms with Gasteiger partial charge in [0.05, 0.1) is 6.04 Å². The minimum absolute atomic E-state index is 0.00337. The lowest BCUT2D eigenvalue weighted by molar-refractivity contribution is -0.130. The Hall–Kier alpha value is -1.14. The van der Waals surface area contributed by atoms with Crippen molar-refractivity contribution in [3.63, 3.8) is 0 Å². The summed E-state index contributed by atoms with van der Waals surface area (Å²) in [5, 5.41) is 14.8. The molecule has 0 heterocycles. The summed E-state index contributed by atoms with van der Waals surface area (Å²) in [5.74, 6) is -0.385. The summed E-state index contributed by atoms with van der Waals surface area (Å²) in [5.41, 5.74) is 4.73. The van der Waals surface area contributed by atoms with E-state index in [1.165, 1.54) is 0 Å². The molecule has 6 nitrogen and oxygen atoms in total. The molecule has 0 aliphatic rings. The van der Waals surface area contributed by atoms with Crippen LogP contribution in [0.2, 0.25) is 0 Å². The number of carbonyl (C=O) groups is 2. The van der Waals surface area contributed by atoms with Crippen molar-refractivity contribution in [3.05, 3.63) is 0 Å². The van der Waals surface area contributed by atoms with Crippen molar-refractivity contribution >= 4 is 11.8 Å². The van der Waals surface area contributed by atoms with Gasteiger partial charge >= 0.3 is 0 Å². The quantitative estimate of drug-likeness (QED) is 0.406. The first kappa shape index (κ1) is 18.9. The zero-order valence-electron chi connectivity index (χ0n) is 12.9. The van der Waals surface area contributed by atoms with Crippen molar-refractivity contribution in [2.75, 3.05) is 19.7 Å². The third kappa shape index (κ3) is 7.45. The van der Waals surface area contributed by atoms with E-state index in [2.05, 4.69) is 10.6 Å². The Balaban J connectivity index is 3.86. The largest absolute Gasteiger partial charge is 0.396 e. The van der Waals surface area contributed by atoms with E-state index >= 15 is 0 Å². The number of aliphatic hydroxyl groups excluding tert-OH is 1. The van der Waals surface area contributed by atoms with Crippen molar-refractivity contribution in [2.45, 2.75) is 52.5 Å². The SMILES string of the molecule is CCNC(CCCCNC(=O)C(C)(C)CCO)C(N)=O. The fraction of sp³-hybridized carbons (Fsp3) is 0.857. The first-order valence-corrected chi connectivity index (χ1v) is 7.27. The van der Waals surface area contributed by atoms with Crippen LogP contribution in [0.4, 0.5) is 0 Å². The van der Waals surface area contributed by atoms with Crippen LogP contribution >= 0.6 is 0 Å². The van der Waals surface area contributed by atoms with E-state index in [9.17, 15) is 9.59 Å². The lowest BCUT2D eigenvalue weighted by atomic mass is 9.88. The molecule has 0 rings (SSSR count). The number of carbonyl (C=O) groups excluding carboxylic acids is 2. The number of nitrogens with two attached hydrogens (primary N) is 1. The first-order chi connectivity index (χ1) is 9.35. The Kier molecular flexibility index (Phi) is 9.16. The Bertz CT molecular complexity index is 306. The van der Waals surface area contributed by atoms with Gasteiger partial charge in [0.1, 0.15) is 0 Å². The van der Waals surface area contributed by atoms with Gasteiger partial charge in [-0.3, -0.25) is 9.59 Å². The van der Waals surface area contributed by atoms with Gasteiger partial charge in [0, 0.05) is 18.6 Å². The highest BCUT2D eigenvalue weighted by Gasteiger charge is 2.26. The molecule has 0 aliphatic heterocycles. The lowest BCUT2D eigenvalue weighted by Crippen LogP contribution is -2.41. The summed E-state index contributed by atoms with van der Waals surface area (Å²) in [7, 11) is 0. The third-order valence-corrected chi connectivity index (χ3v) is 3.35. The first-order valence-electron chi connectivity index (χ1n) is 7.27. The average Bonchev–Trinajstić information content (AvgIpc) is 2.36. The van der Waals surface area contributed by atoms with Crippen LogP contribution in [0.15, 0.2) is 0 Å². The highest BCUT2D eigenvalue weighted by atomic mass is 16.3. The van der Waals surface area contributed by atoms with Crippen LogP contribution in [0.25, 0.3) is 0 Å². The van der Waals surface area contributed by atoms with Gasteiger partial charge in [-0.15, -0.1) is 0 Å². The molecule has 0 bridgehead atoms. The molecule has 20 heavy (non-hydrogen) atoms. The smallest absolute Gasteiger partial charge is 0.234 e. The highest BCUT2D eigenvalue weighted by Crippen LogP contribution is 2.19. The normalized spacial score (nSPS) is 13.0. The fourth-order valence-corrected chi connectivity index (χ4v) is 1.90. The molecule has 0 saturated carbocycles. The van der Waals surface area contributed by atoms with Crippen molar-refractivity contribution in [2.24, 2.45) is 11.1 Å². The Morgan fingerprint density at radius 2 is 1.95 bits per heavy atom. The number of unbranched alkanes of at least 4 members (excludes halogenated alkanes) is 1. The zero-order chi connectivity index (χ0) is 15.6.